The van der Waals surface area contributed by atoms with Crippen LogP contribution in [0.5, 0.6) is 11.5 Å². The molecular weight excluding hydrogens is 515 g/mol. The molecule has 40 heavy (non-hydrogen) atoms. The van der Waals surface area contributed by atoms with E-state index >= 15 is 4.39 Å². The van der Waals surface area contributed by atoms with Gasteiger partial charge in [-0.3, -0.25) is 9.79 Å². The number of benzene rings is 3. The molecule has 0 bridgehead atoms. The summed E-state index contributed by atoms with van der Waals surface area (Å²) >= 11 is 0. The Bertz CT molecular complexity index is 1690. The highest BCUT2D eigenvalue weighted by Gasteiger charge is 2.25. The minimum absolute atomic E-state index is 0.0418. The topological polar surface area (TPSA) is 122 Å². The molecule has 9 nitrogen and oxygen atoms in total. The molecule has 1 aliphatic heterocycles. The molecule has 0 saturated carbocycles. The fraction of sp³-hybridized carbons (Fsp3) is 0.133. The highest BCUT2D eigenvalue weighted by atomic mass is 19.1. The molecule has 0 aliphatic carbocycles. The van der Waals surface area contributed by atoms with Crippen LogP contribution in [0.3, 0.4) is 0 Å². The van der Waals surface area contributed by atoms with E-state index in [1.54, 1.807) is 42.6 Å². The fourth-order valence-electron chi connectivity index (χ4n) is 4.65. The third-order valence-corrected chi connectivity index (χ3v) is 6.42. The Hall–Kier alpha value is -5.25. The third-order valence-electron chi connectivity index (χ3n) is 6.42. The van der Waals surface area contributed by atoms with Crippen LogP contribution < -0.4 is 20.1 Å². The first-order valence-corrected chi connectivity index (χ1v) is 12.3. The molecule has 0 atom stereocenters. The maximum atomic E-state index is 15.2. The number of nitrogens with zero attached hydrogens (tertiary/aromatic N) is 2. The number of aromatic nitrogens is 1. The van der Waals surface area contributed by atoms with Crippen molar-refractivity contribution < 1.29 is 28.6 Å². The zero-order valence-corrected chi connectivity index (χ0v) is 21.9. The maximum absolute atomic E-state index is 15.2. The average molecular weight is 541 g/mol. The van der Waals surface area contributed by atoms with E-state index in [2.05, 4.69) is 15.6 Å². The molecule has 1 amide bonds. The first kappa shape index (κ1) is 26.4. The third kappa shape index (κ3) is 5.06. The summed E-state index contributed by atoms with van der Waals surface area (Å²) in [7, 11) is 2.87. The minimum atomic E-state index is -1.09. The van der Waals surface area contributed by atoms with Gasteiger partial charge in [0, 0.05) is 36.1 Å². The highest BCUT2D eigenvalue weighted by Crippen LogP contribution is 2.38. The molecule has 1 aromatic heterocycles. The fourth-order valence-corrected chi connectivity index (χ4v) is 4.65. The van der Waals surface area contributed by atoms with Crippen LogP contribution in [-0.2, 0) is 11.3 Å². The van der Waals surface area contributed by atoms with Gasteiger partial charge < -0.3 is 25.2 Å². The number of ether oxygens (including phenoxy) is 2. The van der Waals surface area contributed by atoms with E-state index in [0.29, 0.717) is 34.2 Å². The Morgan fingerprint density at radius 1 is 0.925 bits per heavy atom. The van der Waals surface area contributed by atoms with Crippen LogP contribution in [0, 0.1) is 5.82 Å². The minimum Gasteiger partial charge on any atom is -0.496 e. The number of pyridine rings is 1. The summed E-state index contributed by atoms with van der Waals surface area (Å²) in [5.74, 6) is -0.785. The van der Waals surface area contributed by atoms with E-state index < -0.39 is 11.8 Å². The zero-order valence-electron chi connectivity index (χ0n) is 21.9. The number of amides is 1. The number of nitrogens with one attached hydrogen (secondary N) is 2. The Morgan fingerprint density at radius 2 is 1.70 bits per heavy atom. The summed E-state index contributed by atoms with van der Waals surface area (Å²) in [5.41, 5.74) is 4.75. The Labute approximate surface area is 229 Å². The van der Waals surface area contributed by atoms with Crippen molar-refractivity contribution in [1.82, 2.24) is 4.98 Å². The van der Waals surface area contributed by atoms with Crippen molar-refractivity contribution in [2.24, 2.45) is 4.99 Å². The second kappa shape index (κ2) is 10.9. The van der Waals surface area contributed by atoms with Crippen LogP contribution in [0.15, 0.2) is 71.9 Å². The predicted molar refractivity (Wildman–Crippen MR) is 150 cm³/mol. The molecule has 2 heterocycles. The van der Waals surface area contributed by atoms with E-state index in [0.717, 1.165) is 16.7 Å². The SMILES string of the molecule is COc1cc(Nc2cc3c(cn2)CN=C(c2c(F)cccc2OC)c2cc(NC(C)=O)ccc2-3)ccc1C(=O)O. The van der Waals surface area contributed by atoms with Gasteiger partial charge in [-0.1, -0.05) is 12.1 Å². The molecule has 3 N–H and O–H groups in total. The predicted octanol–water partition coefficient (Wildman–Crippen LogP) is 5.66. The lowest BCUT2D eigenvalue weighted by atomic mass is 9.91. The number of hydrogen-bond acceptors (Lipinski definition) is 7. The molecule has 0 fully saturated rings. The van der Waals surface area contributed by atoms with E-state index in [4.69, 9.17) is 14.5 Å². The smallest absolute Gasteiger partial charge is 0.339 e. The number of aromatic carboxylic acids is 1. The molecule has 1 aliphatic rings. The number of anilines is 3. The van der Waals surface area contributed by atoms with Crippen LogP contribution >= 0.6 is 0 Å². The largest absolute Gasteiger partial charge is 0.496 e. The van der Waals surface area contributed by atoms with Gasteiger partial charge in [-0.15, -0.1) is 0 Å². The van der Waals surface area contributed by atoms with Crippen LogP contribution in [0.1, 0.15) is 34.0 Å². The van der Waals surface area contributed by atoms with Crippen molar-refractivity contribution in [3.05, 3.63) is 94.9 Å². The summed E-state index contributed by atoms with van der Waals surface area (Å²) < 4.78 is 25.9. The Morgan fingerprint density at radius 3 is 2.42 bits per heavy atom. The first-order valence-electron chi connectivity index (χ1n) is 12.3. The van der Waals surface area contributed by atoms with Gasteiger partial charge in [-0.05, 0) is 59.2 Å². The van der Waals surface area contributed by atoms with Gasteiger partial charge in [0.25, 0.3) is 0 Å². The molecule has 10 heteroatoms. The van der Waals surface area contributed by atoms with E-state index in [1.807, 2.05) is 12.1 Å². The number of carboxylic acid groups (broad SMARTS) is 1. The van der Waals surface area contributed by atoms with Crippen molar-refractivity contribution in [2.75, 3.05) is 24.9 Å². The van der Waals surface area contributed by atoms with Gasteiger partial charge in [0.2, 0.25) is 5.91 Å². The van der Waals surface area contributed by atoms with Crippen LogP contribution in [0.2, 0.25) is 0 Å². The molecule has 0 saturated heterocycles. The molecule has 0 unspecified atom stereocenters. The van der Waals surface area contributed by atoms with Gasteiger partial charge in [0.1, 0.15) is 28.7 Å². The van der Waals surface area contributed by atoms with Crippen molar-refractivity contribution in [1.29, 1.82) is 0 Å². The Kier molecular flexibility index (Phi) is 7.15. The van der Waals surface area contributed by atoms with E-state index in [-0.39, 0.29) is 29.3 Å². The monoisotopic (exact) mass is 540 g/mol. The van der Waals surface area contributed by atoms with Gasteiger partial charge >= 0.3 is 5.97 Å². The normalized spacial score (nSPS) is 11.8. The number of fused-ring (bicyclic) bond motifs is 3. The quantitative estimate of drug-likeness (QED) is 0.277. The summed E-state index contributed by atoms with van der Waals surface area (Å²) in [6.45, 7) is 1.64. The second-order valence-corrected chi connectivity index (χ2v) is 9.00. The van der Waals surface area contributed by atoms with Gasteiger partial charge in [0.05, 0.1) is 32.0 Å². The van der Waals surface area contributed by atoms with Crippen molar-refractivity contribution >= 4 is 34.8 Å². The second-order valence-electron chi connectivity index (χ2n) is 9.00. The van der Waals surface area contributed by atoms with Crippen LogP contribution in [0.4, 0.5) is 21.6 Å². The number of carbonyl (C=O) groups is 2. The van der Waals surface area contributed by atoms with Crippen molar-refractivity contribution in [3.8, 4) is 22.6 Å². The van der Waals surface area contributed by atoms with Gasteiger partial charge in [0.15, 0.2) is 0 Å². The molecule has 4 aromatic rings. The summed E-state index contributed by atoms with van der Waals surface area (Å²) in [6.07, 6.45) is 1.69. The van der Waals surface area contributed by atoms with E-state index in [1.165, 1.54) is 33.3 Å². The number of methoxy groups -OCH3 is 2. The van der Waals surface area contributed by atoms with Crippen LogP contribution in [-0.4, -0.2) is 41.9 Å². The number of rotatable bonds is 7. The van der Waals surface area contributed by atoms with Crippen LogP contribution in [0.25, 0.3) is 11.1 Å². The maximum Gasteiger partial charge on any atom is 0.339 e. The lowest BCUT2D eigenvalue weighted by molar-refractivity contribution is -0.114. The molecule has 0 spiro atoms. The number of carbonyl (C=O) groups excluding carboxylic acids is 1. The number of hydrogen-bond donors (Lipinski definition) is 3. The Balaban J connectivity index is 1.62. The summed E-state index contributed by atoms with van der Waals surface area (Å²) in [4.78, 5) is 32.6. The van der Waals surface area contributed by atoms with Gasteiger partial charge in [-0.25, -0.2) is 14.2 Å². The number of carboxylic acids is 1. The molecule has 5 rings (SSSR count). The standard InChI is InChI=1S/C30H25FN4O5/c1-16(36)34-18-7-9-20-22-13-27(35-19-8-10-21(30(37)38)26(12-19)40-3)32-14-17(22)15-33-29(23(20)11-18)28-24(31)5-4-6-25(28)39-2/h4-14H,15H2,1-3H3,(H,32,35)(H,34,36)(H,37,38). The number of halogens is 1. The first-order chi connectivity index (χ1) is 19.3. The van der Waals surface area contributed by atoms with E-state index in [9.17, 15) is 14.7 Å². The number of aliphatic imine (C=N–C) groups is 1. The van der Waals surface area contributed by atoms with Gasteiger partial charge in [-0.2, -0.15) is 0 Å². The van der Waals surface area contributed by atoms with Crippen molar-refractivity contribution in [3.63, 3.8) is 0 Å². The van der Waals surface area contributed by atoms with Crippen molar-refractivity contribution in [2.45, 2.75) is 13.5 Å². The lowest BCUT2D eigenvalue weighted by Gasteiger charge is -2.16. The summed E-state index contributed by atoms with van der Waals surface area (Å²) in [5, 5.41) is 15.4. The molecular formula is C30H25FN4O5. The highest BCUT2D eigenvalue weighted by molar-refractivity contribution is 6.19. The lowest BCUT2D eigenvalue weighted by Crippen LogP contribution is -2.11. The average Bonchev–Trinajstić information content (AvgIpc) is 3.08. The zero-order chi connectivity index (χ0) is 28.4. The molecule has 0 radical (unpaired) electrons. The summed E-state index contributed by atoms with van der Waals surface area (Å²) in [6, 6.07) is 16.5. The molecule has 3 aromatic carbocycles. The molecule has 202 valence electrons.